The minimum Gasteiger partial charge on any atom is -0.493 e. The average molecular weight is 1900 g/mol. The molecule has 4 heterocycles. The predicted molar refractivity (Wildman–Crippen MR) is 544 cm³/mol. The minimum atomic E-state index is -1.19. The SMILES string of the molecule is CNC[C@H](C)NC(=O)N1CCC[C@@H]([C@@](O)(CCCCOC)c2ccccc2OC2CCCC2)C1.CNC[C@H](C)NC(=O)N1CCC[C@@H]([C@@](O)(CCCCOC)c2ccccc2OCCC2CC2)C1.CNC[C@H](CC1CCCCC1)NC(=S)N1CCC[C@@H]([C@@H](OCCCOC)c2ccccc2)C1.COCCCC[C@@](O)(c1cccc(F)c1)[C@@H]1CCCN(C(=O)N[C@H](CN)CC2CCCCC2)C1. The fraction of sp³-hybridized carbons (Fsp3) is 0.741. The molecule has 0 radical (unpaired) electrons. The van der Waals surface area contributed by atoms with E-state index in [2.05, 4.69) is 72.4 Å². The molecular formula is C108H179FN12O13S. The molecule has 4 aromatic carbocycles. The number of hydrogen-bond acceptors (Lipinski definition) is 18. The molecule has 8 aliphatic rings. The monoisotopic (exact) mass is 1900 g/mol. The first kappa shape index (κ1) is 112. The highest BCUT2D eigenvalue weighted by molar-refractivity contribution is 7.80. The van der Waals surface area contributed by atoms with Crippen molar-refractivity contribution in [3.05, 3.63) is 131 Å². The van der Waals surface area contributed by atoms with Gasteiger partial charge in [0.2, 0.25) is 0 Å². The van der Waals surface area contributed by atoms with Crippen LogP contribution in [0.25, 0.3) is 0 Å². The summed E-state index contributed by atoms with van der Waals surface area (Å²) in [6.07, 6.45) is 39.1. The van der Waals surface area contributed by atoms with E-state index in [4.69, 9.17) is 51.1 Å². The van der Waals surface area contributed by atoms with Crippen LogP contribution in [0.3, 0.4) is 0 Å². The van der Waals surface area contributed by atoms with Crippen LogP contribution < -0.4 is 52.4 Å². The molecule has 0 unspecified atom stereocenters. The quantitative estimate of drug-likeness (QED) is 0.0145. The topological polar surface area (TPSA) is 300 Å². The third-order valence-electron chi connectivity index (χ3n) is 29.7. The number of nitrogens with two attached hydrogens (primary N) is 1. The molecule has 25 nitrogen and oxygen atoms in total. The van der Waals surface area contributed by atoms with Crippen molar-refractivity contribution in [1.29, 1.82) is 0 Å². The number of likely N-dealkylation sites (tertiary alicyclic amines) is 4. The molecule has 6 amide bonds. The Balaban J connectivity index is 0.000000202. The maximum absolute atomic E-state index is 14.1. The van der Waals surface area contributed by atoms with E-state index in [1.54, 1.807) is 40.6 Å². The Bertz CT molecular complexity index is 3930. The number of rotatable bonds is 49. The molecular weight excluding hydrogens is 1720 g/mol. The van der Waals surface area contributed by atoms with E-state index >= 15 is 0 Å². The number of carbonyl (C=O) groups excluding carboxylic acids is 3. The summed E-state index contributed by atoms with van der Waals surface area (Å²) >= 11 is 5.94. The second-order valence-corrected chi connectivity index (χ2v) is 40.8. The predicted octanol–water partition coefficient (Wildman–Crippen LogP) is 17.4. The van der Waals surface area contributed by atoms with Gasteiger partial charge < -0.3 is 111 Å². The molecule has 762 valence electrons. The van der Waals surface area contributed by atoms with Gasteiger partial charge in [-0.15, -0.1) is 0 Å². The number of methoxy groups -OCH3 is 4. The molecule has 4 aliphatic carbocycles. The Morgan fingerprint density at radius 1 is 0.452 bits per heavy atom. The number of likely N-dealkylation sites (N-methyl/N-ethyl adjacent to an activating group) is 3. The van der Waals surface area contributed by atoms with Crippen LogP contribution in [-0.4, -0.2) is 256 Å². The summed E-state index contributed by atoms with van der Waals surface area (Å²) in [4.78, 5) is 47.0. The second-order valence-electron chi connectivity index (χ2n) is 40.4. The lowest BCUT2D eigenvalue weighted by Crippen LogP contribution is -2.53. The van der Waals surface area contributed by atoms with Gasteiger partial charge in [0.05, 0.1) is 35.6 Å². The highest BCUT2D eigenvalue weighted by Gasteiger charge is 2.47. The number of amides is 6. The fourth-order valence-corrected chi connectivity index (χ4v) is 22.3. The summed E-state index contributed by atoms with van der Waals surface area (Å²) in [7, 11) is 12.6. The highest BCUT2D eigenvalue weighted by atomic mass is 32.1. The zero-order valence-corrected chi connectivity index (χ0v) is 85.1. The number of piperidine rings is 4. The molecule has 12 N–H and O–H groups in total. The highest BCUT2D eigenvalue weighted by Crippen LogP contribution is 2.48. The normalized spacial score (nSPS) is 21.6. The molecule has 4 aromatic rings. The lowest BCUT2D eigenvalue weighted by molar-refractivity contribution is -0.0587. The largest absolute Gasteiger partial charge is 0.493 e. The maximum atomic E-state index is 14.1. The number of carbonyl (C=O) groups is 3. The number of para-hydroxylation sites is 2. The summed E-state index contributed by atoms with van der Waals surface area (Å²) in [5, 5.41) is 60.1. The van der Waals surface area contributed by atoms with Crippen molar-refractivity contribution in [3.8, 4) is 11.5 Å². The number of thiocarbonyl (C=S) groups is 1. The fourth-order valence-electron chi connectivity index (χ4n) is 22.0. The van der Waals surface area contributed by atoms with Crippen LogP contribution in [0.2, 0.25) is 0 Å². The van der Waals surface area contributed by atoms with Crippen molar-refractivity contribution in [2.75, 3.05) is 168 Å². The number of nitrogens with one attached hydrogen (secondary N) is 7. The first-order valence-electron chi connectivity index (χ1n) is 52.5. The molecule has 4 saturated carbocycles. The maximum Gasteiger partial charge on any atom is 0.317 e. The number of urea groups is 3. The van der Waals surface area contributed by atoms with Crippen LogP contribution in [0, 0.1) is 47.2 Å². The molecule has 12 atom stereocenters. The van der Waals surface area contributed by atoms with Crippen LogP contribution in [0.15, 0.2) is 103 Å². The summed E-state index contributed by atoms with van der Waals surface area (Å²) in [6.45, 7) is 16.6. The molecule has 12 rings (SSSR count). The Labute approximate surface area is 817 Å². The van der Waals surface area contributed by atoms with Gasteiger partial charge in [-0.25, -0.2) is 18.8 Å². The van der Waals surface area contributed by atoms with Crippen LogP contribution in [-0.2, 0) is 40.5 Å². The van der Waals surface area contributed by atoms with E-state index in [1.807, 2.05) is 98.2 Å². The first-order chi connectivity index (χ1) is 65.6. The lowest BCUT2D eigenvalue weighted by atomic mass is 9.73. The van der Waals surface area contributed by atoms with Gasteiger partial charge in [-0.3, -0.25) is 0 Å². The smallest absolute Gasteiger partial charge is 0.317 e. The zero-order chi connectivity index (χ0) is 96.5. The molecule has 8 fully saturated rings. The van der Waals surface area contributed by atoms with E-state index < -0.39 is 16.8 Å². The van der Waals surface area contributed by atoms with Crippen molar-refractivity contribution in [2.24, 2.45) is 47.2 Å². The summed E-state index contributed by atoms with van der Waals surface area (Å²) in [5.74, 6) is 3.67. The van der Waals surface area contributed by atoms with Crippen molar-refractivity contribution in [1.82, 2.24) is 56.8 Å². The summed E-state index contributed by atoms with van der Waals surface area (Å²) in [6, 6.07) is 33.2. The van der Waals surface area contributed by atoms with Crippen LogP contribution in [0.1, 0.15) is 280 Å². The van der Waals surface area contributed by atoms with Crippen LogP contribution in [0.5, 0.6) is 11.5 Å². The summed E-state index contributed by atoms with van der Waals surface area (Å²) in [5.41, 5.74) is 6.30. The van der Waals surface area contributed by atoms with Gasteiger partial charge >= 0.3 is 18.1 Å². The molecule has 0 spiro atoms. The first-order valence-corrected chi connectivity index (χ1v) is 52.9. The van der Waals surface area contributed by atoms with Gasteiger partial charge in [0, 0.05) is 199 Å². The minimum absolute atomic E-state index is 0.0212. The van der Waals surface area contributed by atoms with Gasteiger partial charge in [0.25, 0.3) is 0 Å². The zero-order valence-electron chi connectivity index (χ0n) is 84.3. The van der Waals surface area contributed by atoms with E-state index in [-0.39, 0.29) is 72.0 Å². The molecule has 0 aromatic heterocycles. The number of aliphatic hydroxyl groups is 3. The third-order valence-corrected chi connectivity index (χ3v) is 30.0. The van der Waals surface area contributed by atoms with Gasteiger partial charge in [0.1, 0.15) is 17.3 Å². The lowest BCUT2D eigenvalue weighted by Gasteiger charge is -2.43. The Morgan fingerprint density at radius 2 is 0.904 bits per heavy atom. The third kappa shape index (κ3) is 37.4. The molecule has 0 bridgehead atoms. The van der Waals surface area contributed by atoms with Crippen molar-refractivity contribution in [3.63, 3.8) is 0 Å². The van der Waals surface area contributed by atoms with Gasteiger partial charge in [-0.05, 0) is 261 Å². The molecule has 135 heavy (non-hydrogen) atoms. The van der Waals surface area contributed by atoms with E-state index in [9.17, 15) is 34.1 Å². The number of nitrogens with zero attached hydrogens (tertiary/aromatic N) is 4. The van der Waals surface area contributed by atoms with Gasteiger partial charge in [-0.2, -0.15) is 0 Å². The van der Waals surface area contributed by atoms with Crippen LogP contribution >= 0.6 is 12.2 Å². The number of unbranched alkanes of at least 4 members (excludes halogenated alkanes) is 3. The van der Waals surface area contributed by atoms with Gasteiger partial charge in [-0.1, -0.05) is 156 Å². The van der Waals surface area contributed by atoms with E-state index in [0.717, 1.165) is 201 Å². The number of halogens is 1. The second kappa shape index (κ2) is 61.9. The van der Waals surface area contributed by atoms with E-state index in [0.29, 0.717) is 115 Å². The van der Waals surface area contributed by atoms with Crippen molar-refractivity contribution in [2.45, 2.75) is 305 Å². The molecule has 4 saturated heterocycles. The number of hydrogen-bond donors (Lipinski definition) is 11. The average Bonchev–Trinajstić information content (AvgIpc) is 1.07. The summed E-state index contributed by atoms with van der Waals surface area (Å²) < 4.78 is 54.0. The standard InChI is InChI=1S/C27H44FN3O3.2C27H45N3O4.C27H45N3O2S/c1-34-16-6-5-14-27(33,22-11-7-13-24(28)18-22)23-12-8-15-31(20-23)26(32)30-25(19-29)17-21-9-3-2-4-10-21;1-21(19-28-2)29-26(31)30-17-10-11-22(20-30)27(32,16-8-9-18-33-3)24-14-6-7-15-25(24)34-23-12-4-5-13-23;1-21(19-28-2)29-26(31)30-16-8-9-23(20-30)27(32,15-6-7-17-33-3)24-10-4-5-11-25(24)34-18-14-22-12-13-22;1-28-20-25(19-22-11-5-3-6-12-22)29-27(33)30-16-9-15-24(21-30)26(32-18-10-17-31-2)23-13-7-4-8-14-23/h7,11,13,18,21,23,25,33H,2-6,8-10,12,14-17,19-20,29H2,1H3,(H,30,32);6-7,14-15,21-23,28,32H,4-5,8-13,16-20H2,1-3H3,(H,29,31);4-5,10-11,21-23,28,32H,6-9,12-20H2,1-3H3,(H,29,31);4,7-8,13-14,22,24-26,28H,3,5-6,9-12,15-21H2,1-2H3,(H,29,33)/t23-,25+,27-;21-,22+,27-;21-,23+,27-;24-,25+,26+/m1001/s1. The van der Waals surface area contributed by atoms with E-state index in [1.165, 1.54) is 120 Å². The van der Waals surface area contributed by atoms with Crippen molar-refractivity contribution >= 4 is 35.4 Å². The number of ether oxygens (including phenoxy) is 7. The Kier molecular flexibility index (Phi) is 51.4. The number of benzene rings is 4. The Hall–Kier alpha value is -6.57. The molecule has 4 aliphatic heterocycles. The molecule has 27 heteroatoms. The van der Waals surface area contributed by atoms with Gasteiger partial charge in [0.15, 0.2) is 5.11 Å². The Morgan fingerprint density at radius 3 is 1.41 bits per heavy atom. The van der Waals surface area contributed by atoms with Crippen molar-refractivity contribution < 1.29 is 67.3 Å². The van der Waals surface area contributed by atoms with Crippen LogP contribution in [0.4, 0.5) is 18.8 Å².